The molecule has 1 atom stereocenters. The first-order chi connectivity index (χ1) is 11.6. The molecule has 1 heterocycles. The number of carboxylic acids is 1. The molecule has 0 saturated carbocycles. The third-order valence-electron chi connectivity index (χ3n) is 4.83. The molecule has 2 aromatic rings. The molecule has 2 aromatic carbocycles. The maximum atomic E-state index is 12.4. The van der Waals surface area contributed by atoms with Gasteiger partial charge in [-0.3, -0.25) is 9.59 Å². The fourth-order valence-corrected chi connectivity index (χ4v) is 3.47. The average Bonchev–Trinajstić information content (AvgIpc) is 2.62. The first kappa shape index (κ1) is 16.5. The van der Waals surface area contributed by atoms with E-state index in [0.717, 1.165) is 48.7 Å². The maximum Gasteiger partial charge on any atom is 0.307 e. The van der Waals surface area contributed by atoms with Crippen molar-refractivity contribution < 1.29 is 14.7 Å². The summed E-state index contributed by atoms with van der Waals surface area (Å²) in [6, 6.07) is 13.9. The number of carbonyl (C=O) groups is 2. The van der Waals surface area contributed by atoms with Crippen LogP contribution in [0.1, 0.15) is 31.2 Å². The van der Waals surface area contributed by atoms with E-state index in [4.69, 9.17) is 0 Å². The summed E-state index contributed by atoms with van der Waals surface area (Å²) in [6.07, 6.45) is 3.66. The summed E-state index contributed by atoms with van der Waals surface area (Å²) in [7, 11) is 0. The van der Waals surface area contributed by atoms with E-state index < -0.39 is 11.9 Å². The molecule has 0 spiro atoms. The highest BCUT2D eigenvalue weighted by atomic mass is 16.4. The van der Waals surface area contributed by atoms with Crippen LogP contribution in [0.25, 0.3) is 10.8 Å². The number of hydrogen-bond acceptors (Lipinski definition) is 2. The summed E-state index contributed by atoms with van der Waals surface area (Å²) in [5, 5.41) is 11.7. The van der Waals surface area contributed by atoms with Crippen LogP contribution in [0.15, 0.2) is 42.5 Å². The topological polar surface area (TPSA) is 57.6 Å². The molecule has 1 amide bonds. The van der Waals surface area contributed by atoms with Crippen LogP contribution in [-0.4, -0.2) is 35.0 Å². The van der Waals surface area contributed by atoms with Gasteiger partial charge in [0.15, 0.2) is 0 Å². The van der Waals surface area contributed by atoms with Crippen molar-refractivity contribution in [1.29, 1.82) is 0 Å². The van der Waals surface area contributed by atoms with E-state index in [1.165, 1.54) is 0 Å². The van der Waals surface area contributed by atoms with Crippen molar-refractivity contribution in [2.75, 3.05) is 13.1 Å². The molecule has 4 nitrogen and oxygen atoms in total. The van der Waals surface area contributed by atoms with Gasteiger partial charge in [0, 0.05) is 19.5 Å². The Kier molecular flexibility index (Phi) is 5.14. The SMILES string of the molecule is O=C(O)[C@@H](CC(=O)N1CCCCC1)Cc1cccc2ccccc12. The Balaban J connectivity index is 1.76. The van der Waals surface area contributed by atoms with Gasteiger partial charge in [0.05, 0.1) is 5.92 Å². The minimum Gasteiger partial charge on any atom is -0.481 e. The predicted molar refractivity (Wildman–Crippen MR) is 93.8 cm³/mol. The Labute approximate surface area is 142 Å². The second kappa shape index (κ2) is 7.47. The monoisotopic (exact) mass is 325 g/mol. The molecule has 0 aromatic heterocycles. The van der Waals surface area contributed by atoms with E-state index in [0.29, 0.717) is 6.42 Å². The van der Waals surface area contributed by atoms with E-state index >= 15 is 0 Å². The largest absolute Gasteiger partial charge is 0.481 e. The summed E-state index contributed by atoms with van der Waals surface area (Å²) < 4.78 is 0. The number of rotatable bonds is 5. The van der Waals surface area contributed by atoms with Crippen LogP contribution in [0.5, 0.6) is 0 Å². The number of nitrogens with zero attached hydrogens (tertiary/aromatic N) is 1. The Bertz CT molecular complexity index is 729. The molecule has 24 heavy (non-hydrogen) atoms. The van der Waals surface area contributed by atoms with Crippen molar-refractivity contribution in [1.82, 2.24) is 4.90 Å². The molecule has 1 saturated heterocycles. The van der Waals surface area contributed by atoms with Gasteiger partial charge in [-0.05, 0) is 42.0 Å². The maximum absolute atomic E-state index is 12.4. The van der Waals surface area contributed by atoms with Crippen LogP contribution in [-0.2, 0) is 16.0 Å². The molecule has 1 aliphatic heterocycles. The van der Waals surface area contributed by atoms with Crippen LogP contribution < -0.4 is 0 Å². The van der Waals surface area contributed by atoms with Crippen molar-refractivity contribution in [2.24, 2.45) is 5.92 Å². The smallest absolute Gasteiger partial charge is 0.307 e. The molecule has 126 valence electrons. The number of benzene rings is 2. The van der Waals surface area contributed by atoms with Crippen LogP contribution in [0, 0.1) is 5.92 Å². The number of piperidine rings is 1. The highest BCUT2D eigenvalue weighted by Gasteiger charge is 2.26. The summed E-state index contributed by atoms with van der Waals surface area (Å²) in [4.78, 5) is 25.9. The zero-order valence-electron chi connectivity index (χ0n) is 13.8. The van der Waals surface area contributed by atoms with E-state index in [9.17, 15) is 14.7 Å². The van der Waals surface area contributed by atoms with Crippen molar-refractivity contribution in [2.45, 2.75) is 32.1 Å². The van der Waals surface area contributed by atoms with E-state index in [1.54, 1.807) is 0 Å². The molecule has 1 aliphatic rings. The minimum absolute atomic E-state index is 0.0256. The molecular formula is C20H23NO3. The van der Waals surface area contributed by atoms with Crippen molar-refractivity contribution >= 4 is 22.6 Å². The fourth-order valence-electron chi connectivity index (χ4n) is 3.47. The van der Waals surface area contributed by atoms with E-state index in [1.807, 2.05) is 47.4 Å². The quantitative estimate of drug-likeness (QED) is 0.915. The summed E-state index contributed by atoms with van der Waals surface area (Å²) in [6.45, 7) is 1.53. The first-order valence-corrected chi connectivity index (χ1v) is 8.62. The van der Waals surface area contributed by atoms with Gasteiger partial charge >= 0.3 is 5.97 Å². The van der Waals surface area contributed by atoms with Gasteiger partial charge in [-0.2, -0.15) is 0 Å². The van der Waals surface area contributed by atoms with Crippen molar-refractivity contribution in [3.8, 4) is 0 Å². The van der Waals surface area contributed by atoms with Gasteiger partial charge in [-0.1, -0.05) is 42.5 Å². The highest BCUT2D eigenvalue weighted by molar-refractivity contribution is 5.87. The third-order valence-corrected chi connectivity index (χ3v) is 4.83. The zero-order valence-corrected chi connectivity index (χ0v) is 13.8. The average molecular weight is 325 g/mol. The van der Waals surface area contributed by atoms with Gasteiger partial charge in [0.1, 0.15) is 0 Å². The molecule has 0 aliphatic carbocycles. The summed E-state index contributed by atoms with van der Waals surface area (Å²) in [5.74, 6) is -1.60. The summed E-state index contributed by atoms with van der Waals surface area (Å²) >= 11 is 0. The van der Waals surface area contributed by atoms with Gasteiger partial charge in [-0.25, -0.2) is 0 Å². The van der Waals surface area contributed by atoms with Gasteiger partial charge < -0.3 is 10.0 Å². The third kappa shape index (κ3) is 3.75. The van der Waals surface area contributed by atoms with Crippen LogP contribution in [0.4, 0.5) is 0 Å². The fraction of sp³-hybridized carbons (Fsp3) is 0.400. The van der Waals surface area contributed by atoms with Gasteiger partial charge in [0.2, 0.25) is 5.91 Å². The lowest BCUT2D eigenvalue weighted by molar-refractivity contribution is -0.146. The van der Waals surface area contributed by atoms with Gasteiger partial charge in [0.25, 0.3) is 0 Å². The molecule has 0 unspecified atom stereocenters. The standard InChI is InChI=1S/C20H23NO3/c22-19(21-11-4-1-5-12-21)14-17(20(23)24)13-16-9-6-8-15-7-2-3-10-18(15)16/h2-3,6-10,17H,1,4-5,11-14H2,(H,23,24)/t17-/m1/s1. The number of likely N-dealkylation sites (tertiary alicyclic amines) is 1. The predicted octanol–water partition coefficient (Wildman–Crippen LogP) is 3.49. The van der Waals surface area contributed by atoms with Crippen LogP contribution >= 0.6 is 0 Å². The zero-order chi connectivity index (χ0) is 16.9. The number of carbonyl (C=O) groups excluding carboxylic acids is 1. The molecule has 4 heteroatoms. The number of aliphatic carboxylic acids is 1. The molecule has 1 fully saturated rings. The second-order valence-electron chi connectivity index (χ2n) is 6.52. The molecular weight excluding hydrogens is 302 g/mol. The summed E-state index contributed by atoms with van der Waals surface area (Å²) in [5.41, 5.74) is 0.993. The molecule has 0 bridgehead atoms. The van der Waals surface area contributed by atoms with Crippen molar-refractivity contribution in [3.05, 3.63) is 48.0 Å². The Morgan fingerprint density at radius 3 is 2.46 bits per heavy atom. The van der Waals surface area contributed by atoms with E-state index in [-0.39, 0.29) is 12.3 Å². The van der Waals surface area contributed by atoms with Gasteiger partial charge in [-0.15, -0.1) is 0 Å². The second-order valence-corrected chi connectivity index (χ2v) is 6.52. The Hall–Kier alpha value is -2.36. The van der Waals surface area contributed by atoms with Crippen LogP contribution in [0.2, 0.25) is 0 Å². The number of amides is 1. The minimum atomic E-state index is -0.895. The normalized spacial score (nSPS) is 16.1. The number of carboxylic acid groups (broad SMARTS) is 1. The Morgan fingerprint density at radius 2 is 1.71 bits per heavy atom. The van der Waals surface area contributed by atoms with E-state index in [2.05, 4.69) is 0 Å². The number of fused-ring (bicyclic) bond motifs is 1. The molecule has 0 radical (unpaired) electrons. The van der Waals surface area contributed by atoms with Crippen LogP contribution in [0.3, 0.4) is 0 Å². The number of hydrogen-bond donors (Lipinski definition) is 1. The molecule has 1 N–H and O–H groups in total. The first-order valence-electron chi connectivity index (χ1n) is 8.62. The Morgan fingerprint density at radius 1 is 1.00 bits per heavy atom. The molecule has 3 rings (SSSR count). The lowest BCUT2D eigenvalue weighted by Crippen LogP contribution is -2.37. The lowest BCUT2D eigenvalue weighted by Gasteiger charge is -2.27. The lowest BCUT2D eigenvalue weighted by atomic mass is 9.92. The van der Waals surface area contributed by atoms with Crippen molar-refractivity contribution in [3.63, 3.8) is 0 Å². The highest BCUT2D eigenvalue weighted by Crippen LogP contribution is 2.23.